The van der Waals surface area contributed by atoms with E-state index in [0.29, 0.717) is 34.9 Å². The SMILES string of the molecule is CCOC(=O)c1ccc(NC(=O)COc2ccc(C=NNC(=O)CCC(=O)Nc3ccccc3F)cc2OCC)cc1. The molecule has 0 saturated carbocycles. The summed E-state index contributed by atoms with van der Waals surface area (Å²) in [7, 11) is 0. The van der Waals surface area contributed by atoms with Crippen LogP contribution in [0.2, 0.25) is 0 Å². The number of hydrogen-bond donors (Lipinski definition) is 3. The van der Waals surface area contributed by atoms with Gasteiger partial charge in [0.1, 0.15) is 5.82 Å². The lowest BCUT2D eigenvalue weighted by atomic mass is 10.2. The Bertz CT molecular complexity index is 1430. The lowest BCUT2D eigenvalue weighted by Gasteiger charge is -2.13. The fourth-order valence-corrected chi connectivity index (χ4v) is 3.47. The highest BCUT2D eigenvalue weighted by Crippen LogP contribution is 2.28. The third kappa shape index (κ3) is 10.0. The van der Waals surface area contributed by atoms with E-state index in [2.05, 4.69) is 21.2 Å². The van der Waals surface area contributed by atoms with Gasteiger partial charge in [-0.1, -0.05) is 12.1 Å². The molecule has 0 saturated heterocycles. The van der Waals surface area contributed by atoms with E-state index in [1.807, 2.05) is 0 Å². The second-order valence-electron chi connectivity index (χ2n) is 8.60. The van der Waals surface area contributed by atoms with Gasteiger partial charge >= 0.3 is 5.97 Å². The van der Waals surface area contributed by atoms with Crippen molar-refractivity contribution in [1.29, 1.82) is 0 Å². The van der Waals surface area contributed by atoms with E-state index in [-0.39, 0.29) is 31.7 Å². The fraction of sp³-hybridized carbons (Fsp3) is 0.233. The normalized spacial score (nSPS) is 10.5. The highest BCUT2D eigenvalue weighted by atomic mass is 19.1. The molecule has 0 radical (unpaired) electrons. The van der Waals surface area contributed by atoms with Crippen molar-refractivity contribution in [3.8, 4) is 11.5 Å². The highest BCUT2D eigenvalue weighted by molar-refractivity contribution is 5.94. The number of nitrogens with one attached hydrogen (secondary N) is 3. The maximum atomic E-state index is 13.6. The minimum Gasteiger partial charge on any atom is -0.490 e. The molecule has 0 atom stereocenters. The number of hydrogen-bond acceptors (Lipinski definition) is 8. The third-order valence-corrected chi connectivity index (χ3v) is 5.44. The second kappa shape index (κ2) is 16.1. The van der Waals surface area contributed by atoms with Gasteiger partial charge < -0.3 is 24.8 Å². The largest absolute Gasteiger partial charge is 0.490 e. The van der Waals surface area contributed by atoms with Gasteiger partial charge in [-0.15, -0.1) is 0 Å². The molecular formula is C30H31FN4O7. The number of halogens is 1. The van der Waals surface area contributed by atoms with Gasteiger partial charge in [-0.05, 0) is 74.0 Å². The van der Waals surface area contributed by atoms with Crippen molar-refractivity contribution in [1.82, 2.24) is 5.43 Å². The van der Waals surface area contributed by atoms with E-state index >= 15 is 0 Å². The Hall–Kier alpha value is -5.26. The molecule has 220 valence electrons. The summed E-state index contributed by atoms with van der Waals surface area (Å²) in [5, 5.41) is 8.99. The van der Waals surface area contributed by atoms with Gasteiger partial charge in [0.2, 0.25) is 11.8 Å². The van der Waals surface area contributed by atoms with Crippen LogP contribution in [0, 0.1) is 5.82 Å². The molecule has 0 spiro atoms. The quantitative estimate of drug-likeness (QED) is 0.147. The zero-order valence-corrected chi connectivity index (χ0v) is 23.1. The van der Waals surface area contributed by atoms with E-state index < -0.39 is 29.5 Å². The molecule has 0 bridgehead atoms. The molecule has 3 rings (SSSR count). The van der Waals surface area contributed by atoms with E-state index in [9.17, 15) is 23.6 Å². The van der Waals surface area contributed by atoms with Gasteiger partial charge in [-0.25, -0.2) is 14.6 Å². The molecule has 3 N–H and O–H groups in total. The van der Waals surface area contributed by atoms with Crippen LogP contribution >= 0.6 is 0 Å². The van der Waals surface area contributed by atoms with Crippen LogP contribution in [0.25, 0.3) is 0 Å². The van der Waals surface area contributed by atoms with Gasteiger partial charge in [-0.3, -0.25) is 14.4 Å². The van der Waals surface area contributed by atoms with Crippen LogP contribution in [0.4, 0.5) is 15.8 Å². The molecule has 42 heavy (non-hydrogen) atoms. The molecular weight excluding hydrogens is 547 g/mol. The average molecular weight is 579 g/mol. The second-order valence-corrected chi connectivity index (χ2v) is 8.60. The Morgan fingerprint density at radius 3 is 2.26 bits per heavy atom. The van der Waals surface area contributed by atoms with Gasteiger partial charge in [0.05, 0.1) is 30.7 Å². The van der Waals surface area contributed by atoms with Crippen molar-refractivity contribution >= 4 is 41.3 Å². The number of nitrogens with zero attached hydrogens (tertiary/aromatic N) is 1. The molecule has 11 nitrogen and oxygen atoms in total. The standard InChI is InChI=1S/C30H31FN4O7/c1-3-40-26-17-20(18-32-35-28(37)16-15-27(36)34-24-8-6-5-7-23(24)31)9-14-25(26)42-19-29(38)33-22-12-10-21(11-13-22)30(39)41-4-2/h5-14,17-18H,3-4,15-16,19H2,1-2H3,(H,33,38)(H,34,36)(H,35,37). The maximum Gasteiger partial charge on any atom is 0.338 e. The molecule has 0 aromatic heterocycles. The monoisotopic (exact) mass is 578 g/mol. The van der Waals surface area contributed by atoms with Crippen LogP contribution in [-0.2, 0) is 19.1 Å². The molecule has 0 heterocycles. The summed E-state index contributed by atoms with van der Waals surface area (Å²) in [5.41, 5.74) is 3.82. The lowest BCUT2D eigenvalue weighted by molar-refractivity contribution is -0.124. The van der Waals surface area contributed by atoms with Crippen LogP contribution in [-0.4, -0.2) is 49.7 Å². The van der Waals surface area contributed by atoms with Gasteiger partial charge in [0.15, 0.2) is 18.1 Å². The number of esters is 1. The first-order valence-electron chi connectivity index (χ1n) is 13.1. The topological polar surface area (TPSA) is 144 Å². The van der Waals surface area contributed by atoms with Gasteiger partial charge in [0.25, 0.3) is 5.91 Å². The van der Waals surface area contributed by atoms with Crippen molar-refractivity contribution in [2.45, 2.75) is 26.7 Å². The summed E-state index contributed by atoms with van der Waals surface area (Å²) in [4.78, 5) is 48.2. The first kappa shape index (κ1) is 31.3. The van der Waals surface area contributed by atoms with E-state index in [0.717, 1.165) is 0 Å². The molecule has 0 aliphatic carbocycles. The van der Waals surface area contributed by atoms with E-state index in [4.69, 9.17) is 14.2 Å². The van der Waals surface area contributed by atoms with Crippen molar-refractivity contribution in [2.75, 3.05) is 30.5 Å². The Morgan fingerprint density at radius 1 is 0.810 bits per heavy atom. The Labute approximate surface area is 242 Å². The molecule has 3 aromatic carbocycles. The summed E-state index contributed by atoms with van der Waals surface area (Å²) in [5.74, 6) is -1.74. The third-order valence-electron chi connectivity index (χ3n) is 5.44. The average Bonchev–Trinajstić information content (AvgIpc) is 2.97. The molecule has 0 unspecified atom stereocenters. The Balaban J connectivity index is 1.47. The maximum absolute atomic E-state index is 13.6. The molecule has 0 aliphatic rings. The highest BCUT2D eigenvalue weighted by Gasteiger charge is 2.12. The van der Waals surface area contributed by atoms with Crippen LogP contribution in [0.5, 0.6) is 11.5 Å². The van der Waals surface area contributed by atoms with Crippen LogP contribution in [0.1, 0.15) is 42.6 Å². The van der Waals surface area contributed by atoms with Gasteiger partial charge in [-0.2, -0.15) is 5.10 Å². The number of benzene rings is 3. The molecule has 12 heteroatoms. The van der Waals surface area contributed by atoms with Crippen molar-refractivity contribution < 1.29 is 37.8 Å². The van der Waals surface area contributed by atoms with Gasteiger partial charge in [0, 0.05) is 18.5 Å². The number of rotatable bonds is 14. The zero-order chi connectivity index (χ0) is 30.3. The summed E-state index contributed by atoms with van der Waals surface area (Å²) >= 11 is 0. The van der Waals surface area contributed by atoms with Crippen LogP contribution in [0.15, 0.2) is 71.8 Å². The number of ether oxygens (including phenoxy) is 3. The van der Waals surface area contributed by atoms with Crippen LogP contribution in [0.3, 0.4) is 0 Å². The first-order valence-corrected chi connectivity index (χ1v) is 13.1. The smallest absolute Gasteiger partial charge is 0.338 e. The van der Waals surface area contributed by atoms with Crippen molar-refractivity contribution in [2.24, 2.45) is 5.10 Å². The number of hydrazone groups is 1. The molecule has 0 aliphatic heterocycles. The molecule has 3 amide bonds. The summed E-state index contributed by atoms with van der Waals surface area (Å²) in [6.07, 6.45) is 1.09. The van der Waals surface area contributed by atoms with Crippen molar-refractivity contribution in [3.05, 3.63) is 83.7 Å². The van der Waals surface area contributed by atoms with E-state index in [1.54, 1.807) is 62.4 Å². The Morgan fingerprint density at radius 2 is 1.55 bits per heavy atom. The lowest BCUT2D eigenvalue weighted by Crippen LogP contribution is -2.21. The minimum absolute atomic E-state index is 0.0428. The zero-order valence-electron chi connectivity index (χ0n) is 23.1. The molecule has 0 fully saturated rings. The number of carbonyl (C=O) groups excluding carboxylic acids is 4. The summed E-state index contributed by atoms with van der Waals surface area (Å²) < 4.78 is 29.8. The first-order chi connectivity index (χ1) is 20.3. The van der Waals surface area contributed by atoms with E-state index in [1.165, 1.54) is 24.4 Å². The van der Waals surface area contributed by atoms with Crippen LogP contribution < -0.4 is 25.5 Å². The number of para-hydroxylation sites is 1. The molecule has 3 aromatic rings. The number of amides is 3. The minimum atomic E-state index is -0.565. The summed E-state index contributed by atoms with van der Waals surface area (Å²) in [6.45, 7) is 3.82. The Kier molecular flexibility index (Phi) is 12.0. The fourth-order valence-electron chi connectivity index (χ4n) is 3.47. The predicted molar refractivity (Wildman–Crippen MR) is 154 cm³/mol. The van der Waals surface area contributed by atoms with Crippen molar-refractivity contribution in [3.63, 3.8) is 0 Å². The number of carbonyl (C=O) groups is 4. The predicted octanol–water partition coefficient (Wildman–Crippen LogP) is 4.29. The number of anilines is 2. The summed E-state index contributed by atoms with van der Waals surface area (Å²) in [6, 6.07) is 16.9.